The first-order valence-electron chi connectivity index (χ1n) is 6.79. The number of benzene rings is 1. The molecule has 1 saturated heterocycles. The molecule has 1 aromatic carbocycles. The van der Waals surface area contributed by atoms with Gasteiger partial charge in [-0.25, -0.2) is 4.99 Å². The Hall–Kier alpha value is -1.20. The number of anilines is 1. The van der Waals surface area contributed by atoms with E-state index < -0.39 is 0 Å². The molecule has 1 aromatic rings. The Morgan fingerprint density at radius 1 is 1.37 bits per heavy atom. The molecule has 0 aliphatic carbocycles. The molecule has 1 aliphatic rings. The van der Waals surface area contributed by atoms with Gasteiger partial charge < -0.3 is 16.4 Å². The van der Waals surface area contributed by atoms with Crippen molar-refractivity contribution in [2.75, 3.05) is 23.7 Å². The zero-order chi connectivity index (χ0) is 13.7. The van der Waals surface area contributed by atoms with Crippen molar-refractivity contribution >= 4 is 28.3 Å². The van der Waals surface area contributed by atoms with Crippen LogP contribution in [0.1, 0.15) is 25.3 Å². The molecule has 1 fully saturated rings. The topological polar surface area (TPSA) is 67.6 Å². The van der Waals surface area contributed by atoms with E-state index in [0.717, 1.165) is 30.1 Å². The quantitative estimate of drug-likeness (QED) is 0.656. The average Bonchev–Trinajstić information content (AvgIpc) is 2.92. The lowest BCUT2D eigenvalue weighted by molar-refractivity contribution is 0.940. The third kappa shape index (κ3) is 3.64. The summed E-state index contributed by atoms with van der Waals surface area (Å²) < 4.78 is 0. The second-order valence-electron chi connectivity index (χ2n) is 4.59. The molecule has 0 radical (unpaired) electrons. The molecule has 0 saturated carbocycles. The molecule has 4 nitrogen and oxygen atoms in total. The van der Waals surface area contributed by atoms with E-state index >= 15 is 0 Å². The van der Waals surface area contributed by atoms with E-state index in [1.165, 1.54) is 18.5 Å². The highest BCUT2D eigenvalue weighted by Crippen LogP contribution is 2.28. The first-order valence-corrected chi connectivity index (χ1v) is 7.78. The van der Waals surface area contributed by atoms with Crippen LogP contribution in [0.5, 0.6) is 0 Å². The van der Waals surface area contributed by atoms with Crippen LogP contribution in [0.25, 0.3) is 0 Å². The van der Waals surface area contributed by atoms with E-state index in [2.05, 4.69) is 28.9 Å². The molecule has 0 aromatic heterocycles. The van der Waals surface area contributed by atoms with E-state index in [1.54, 1.807) is 11.8 Å². The molecule has 5 heteroatoms. The predicted octanol–water partition coefficient (Wildman–Crippen LogP) is 2.44. The summed E-state index contributed by atoms with van der Waals surface area (Å²) in [7, 11) is 0. The number of hydrogen-bond acceptors (Lipinski definition) is 4. The predicted molar refractivity (Wildman–Crippen MR) is 85.2 cm³/mol. The van der Waals surface area contributed by atoms with Gasteiger partial charge in [0, 0.05) is 25.3 Å². The van der Waals surface area contributed by atoms with Crippen LogP contribution in [0, 0.1) is 0 Å². The molecule has 0 spiro atoms. The highest BCUT2D eigenvalue weighted by Gasteiger charge is 2.15. The minimum atomic E-state index is 0.538. The van der Waals surface area contributed by atoms with Gasteiger partial charge in [-0.1, -0.05) is 18.7 Å². The summed E-state index contributed by atoms with van der Waals surface area (Å²) in [5.41, 5.74) is 15.0. The first kappa shape index (κ1) is 14.2. The lowest BCUT2D eigenvalue weighted by Gasteiger charge is -2.21. The number of amidine groups is 1. The summed E-state index contributed by atoms with van der Waals surface area (Å²) in [5, 5.41) is 0.611. The van der Waals surface area contributed by atoms with Gasteiger partial charge in [0.05, 0.1) is 5.69 Å². The van der Waals surface area contributed by atoms with Crippen LogP contribution in [0.15, 0.2) is 23.2 Å². The molecule has 0 bridgehead atoms. The minimum Gasteiger partial charge on any atom is -0.378 e. The van der Waals surface area contributed by atoms with E-state index in [1.807, 2.05) is 6.07 Å². The standard InChI is InChI=1S/C14H22N4S/c1-2-19-14(16)17-12-5-6-13(11(9-12)10-15)18-7-3-4-8-18/h5-6,9H,2-4,7-8,10,15H2,1H3,(H2,16,17). The molecule has 1 aliphatic heterocycles. The smallest absolute Gasteiger partial charge is 0.159 e. The van der Waals surface area contributed by atoms with Crippen LogP contribution >= 0.6 is 11.8 Å². The van der Waals surface area contributed by atoms with Gasteiger partial charge in [0.2, 0.25) is 0 Å². The minimum absolute atomic E-state index is 0.538. The van der Waals surface area contributed by atoms with Crippen LogP contribution < -0.4 is 16.4 Å². The molecule has 104 valence electrons. The van der Waals surface area contributed by atoms with Crippen LogP contribution in [-0.2, 0) is 6.54 Å². The lowest BCUT2D eigenvalue weighted by Crippen LogP contribution is -2.20. The van der Waals surface area contributed by atoms with Crippen molar-refractivity contribution in [1.29, 1.82) is 0 Å². The highest BCUT2D eigenvalue weighted by atomic mass is 32.2. The Bertz CT molecular complexity index is 453. The number of aliphatic imine (C=N–C) groups is 1. The van der Waals surface area contributed by atoms with Gasteiger partial charge in [0.15, 0.2) is 5.17 Å². The van der Waals surface area contributed by atoms with E-state index in [4.69, 9.17) is 11.5 Å². The van der Waals surface area contributed by atoms with E-state index in [-0.39, 0.29) is 0 Å². The van der Waals surface area contributed by atoms with Gasteiger partial charge in [0.1, 0.15) is 0 Å². The lowest BCUT2D eigenvalue weighted by atomic mass is 10.1. The third-order valence-electron chi connectivity index (χ3n) is 3.26. The number of hydrogen-bond donors (Lipinski definition) is 2. The van der Waals surface area contributed by atoms with Gasteiger partial charge in [-0.3, -0.25) is 0 Å². The number of nitrogens with two attached hydrogens (primary N) is 2. The molecule has 2 rings (SSSR count). The van der Waals surface area contributed by atoms with Gasteiger partial charge in [-0.15, -0.1) is 0 Å². The van der Waals surface area contributed by atoms with E-state index in [9.17, 15) is 0 Å². The fourth-order valence-electron chi connectivity index (χ4n) is 2.38. The van der Waals surface area contributed by atoms with Crippen molar-refractivity contribution in [2.24, 2.45) is 16.5 Å². The first-order chi connectivity index (χ1) is 9.24. The van der Waals surface area contributed by atoms with Gasteiger partial charge in [0.25, 0.3) is 0 Å². The van der Waals surface area contributed by atoms with Crippen molar-refractivity contribution in [3.05, 3.63) is 23.8 Å². The maximum absolute atomic E-state index is 5.87. The van der Waals surface area contributed by atoms with Crippen molar-refractivity contribution in [1.82, 2.24) is 0 Å². The molecular formula is C14H22N4S. The largest absolute Gasteiger partial charge is 0.378 e. The molecule has 1 heterocycles. The summed E-state index contributed by atoms with van der Waals surface area (Å²) in [5.74, 6) is 0.935. The van der Waals surface area contributed by atoms with Crippen molar-refractivity contribution in [3.63, 3.8) is 0 Å². The Labute approximate surface area is 119 Å². The second-order valence-corrected chi connectivity index (χ2v) is 5.88. The number of nitrogens with zero attached hydrogens (tertiary/aromatic N) is 2. The Balaban J connectivity index is 2.22. The number of thioether (sulfide) groups is 1. The molecule has 19 heavy (non-hydrogen) atoms. The Morgan fingerprint density at radius 2 is 2.11 bits per heavy atom. The average molecular weight is 278 g/mol. The maximum Gasteiger partial charge on any atom is 0.159 e. The van der Waals surface area contributed by atoms with E-state index in [0.29, 0.717) is 11.7 Å². The second kappa shape index (κ2) is 6.82. The fourth-order valence-corrected chi connectivity index (χ4v) is 2.84. The summed E-state index contributed by atoms with van der Waals surface area (Å²) in [6.07, 6.45) is 2.54. The third-order valence-corrected chi connectivity index (χ3v) is 3.94. The van der Waals surface area contributed by atoms with Crippen LogP contribution in [0.3, 0.4) is 0 Å². The van der Waals surface area contributed by atoms with Crippen molar-refractivity contribution in [3.8, 4) is 0 Å². The zero-order valence-corrected chi connectivity index (χ0v) is 12.2. The van der Waals surface area contributed by atoms with Crippen LogP contribution in [0.2, 0.25) is 0 Å². The van der Waals surface area contributed by atoms with Gasteiger partial charge in [-0.05, 0) is 42.4 Å². The Morgan fingerprint density at radius 3 is 2.74 bits per heavy atom. The van der Waals surface area contributed by atoms with Gasteiger partial charge >= 0.3 is 0 Å². The summed E-state index contributed by atoms with van der Waals surface area (Å²) in [4.78, 5) is 6.81. The highest BCUT2D eigenvalue weighted by molar-refractivity contribution is 8.13. The molecule has 0 unspecified atom stereocenters. The SMILES string of the molecule is CCSC(N)=Nc1ccc(N2CCCC2)c(CN)c1. The molecule has 4 N–H and O–H groups in total. The summed E-state index contributed by atoms with van der Waals surface area (Å²) >= 11 is 1.56. The van der Waals surface area contributed by atoms with Crippen molar-refractivity contribution < 1.29 is 0 Å². The molecular weight excluding hydrogens is 256 g/mol. The fraction of sp³-hybridized carbons (Fsp3) is 0.500. The molecule has 0 amide bonds. The number of rotatable bonds is 4. The zero-order valence-electron chi connectivity index (χ0n) is 11.4. The molecule has 0 atom stereocenters. The Kier molecular flexibility index (Phi) is 5.10. The summed E-state index contributed by atoms with van der Waals surface area (Å²) in [6, 6.07) is 6.20. The van der Waals surface area contributed by atoms with Crippen LogP contribution in [0.4, 0.5) is 11.4 Å². The monoisotopic (exact) mass is 278 g/mol. The van der Waals surface area contributed by atoms with Crippen molar-refractivity contribution in [2.45, 2.75) is 26.3 Å². The normalized spacial score (nSPS) is 16.1. The van der Waals surface area contributed by atoms with Gasteiger partial charge in [-0.2, -0.15) is 0 Å². The van der Waals surface area contributed by atoms with Crippen LogP contribution in [-0.4, -0.2) is 24.0 Å². The summed E-state index contributed by atoms with van der Waals surface area (Å²) in [6.45, 7) is 4.86. The maximum atomic E-state index is 5.87.